The van der Waals surface area contributed by atoms with Crippen LogP contribution in [-0.4, -0.2) is 40.7 Å². The molecule has 2 aromatic rings. The van der Waals surface area contributed by atoms with Crippen molar-refractivity contribution >= 4 is 45.9 Å². The van der Waals surface area contributed by atoms with Crippen molar-refractivity contribution < 1.29 is 23.9 Å². The molecule has 1 unspecified atom stereocenters. The van der Waals surface area contributed by atoms with Gasteiger partial charge in [-0.3, -0.25) is 14.4 Å². The quantitative estimate of drug-likeness (QED) is 0.421. The van der Waals surface area contributed by atoms with Crippen LogP contribution >= 0.6 is 23.1 Å². The molecule has 1 aromatic heterocycles. The van der Waals surface area contributed by atoms with Gasteiger partial charge in [-0.2, -0.15) is 0 Å². The summed E-state index contributed by atoms with van der Waals surface area (Å²) < 4.78 is 4.91. The first-order chi connectivity index (χ1) is 13.5. The molecule has 28 heavy (non-hydrogen) atoms. The molecule has 0 bridgehead atoms. The highest BCUT2D eigenvalue weighted by atomic mass is 32.2. The topological polar surface area (TPSA) is 89.5 Å². The second-order valence-electron chi connectivity index (χ2n) is 6.25. The Bertz CT molecular complexity index is 845. The Morgan fingerprint density at radius 1 is 1.14 bits per heavy atom. The fraction of sp³-hybridized carbons (Fsp3) is 0.300. The second-order valence-corrected chi connectivity index (χ2v) is 8.37. The van der Waals surface area contributed by atoms with Crippen LogP contribution in [-0.2, 0) is 14.3 Å². The van der Waals surface area contributed by atoms with Crippen molar-refractivity contribution in [1.29, 1.82) is 0 Å². The molecule has 1 N–H and O–H groups in total. The number of ketones is 1. The zero-order valence-corrected chi connectivity index (χ0v) is 16.6. The predicted octanol–water partition coefficient (Wildman–Crippen LogP) is 3.08. The lowest BCUT2D eigenvalue weighted by Crippen LogP contribution is -2.35. The van der Waals surface area contributed by atoms with E-state index in [1.807, 2.05) is 0 Å². The average Bonchev–Trinajstić information content (AvgIpc) is 3.41. The van der Waals surface area contributed by atoms with Crippen LogP contribution in [0.15, 0.2) is 47.8 Å². The molecular weight excluding hydrogens is 398 g/mol. The summed E-state index contributed by atoms with van der Waals surface area (Å²) in [5, 5.41) is 3.45. The normalized spacial score (nSPS) is 17.1. The van der Waals surface area contributed by atoms with E-state index < -0.39 is 23.2 Å². The van der Waals surface area contributed by atoms with Crippen LogP contribution in [0.4, 0.5) is 0 Å². The van der Waals surface area contributed by atoms with Gasteiger partial charge in [-0.1, -0.05) is 48.2 Å². The van der Waals surface area contributed by atoms with Crippen molar-refractivity contribution in [3.05, 3.63) is 58.3 Å². The van der Waals surface area contributed by atoms with Gasteiger partial charge in [0.25, 0.3) is 0 Å². The van der Waals surface area contributed by atoms with Crippen LogP contribution in [0.25, 0.3) is 0 Å². The van der Waals surface area contributed by atoms with E-state index in [-0.39, 0.29) is 17.3 Å². The Hall–Kier alpha value is -2.29. The van der Waals surface area contributed by atoms with E-state index in [9.17, 15) is 19.2 Å². The number of hydrogen-bond donors (Lipinski definition) is 1. The molecule has 1 aliphatic rings. The smallest absolute Gasteiger partial charge is 0.330 e. The molecule has 2 atom stereocenters. The first-order valence-corrected chi connectivity index (χ1v) is 10.6. The molecule has 1 fully saturated rings. The number of thioether (sulfide) groups is 1. The number of nitrogens with one attached hydrogen (secondary N) is 1. The lowest BCUT2D eigenvalue weighted by atomic mass is 10.2. The summed E-state index contributed by atoms with van der Waals surface area (Å²) in [6.07, 6.45) is 1.11. The maximum atomic E-state index is 12.8. The standard InChI is InChI=1S/C20H19NO5S2/c22-17(26-19(24)14-8-4-10-21-14)12-16(18(23)15-9-5-11-27-15)28-20(25)13-6-2-1-3-7-13/h1-3,5-7,9,11,14,16,21H,4,8,10,12H2/t14-,16?/m0/s1. The third-order valence-corrected chi connectivity index (χ3v) is 6.23. The molecule has 0 aliphatic carbocycles. The molecule has 3 rings (SSSR count). The van der Waals surface area contributed by atoms with E-state index in [2.05, 4.69) is 5.32 Å². The number of benzene rings is 1. The fourth-order valence-electron chi connectivity index (χ4n) is 2.80. The van der Waals surface area contributed by atoms with E-state index in [1.165, 1.54) is 11.3 Å². The molecule has 0 amide bonds. The first kappa shape index (κ1) is 20.4. The van der Waals surface area contributed by atoms with Gasteiger partial charge in [0.1, 0.15) is 6.04 Å². The lowest BCUT2D eigenvalue weighted by Gasteiger charge is -2.14. The summed E-state index contributed by atoms with van der Waals surface area (Å²) in [7, 11) is 0. The van der Waals surface area contributed by atoms with Crippen LogP contribution in [0.5, 0.6) is 0 Å². The molecule has 1 aromatic carbocycles. The molecule has 0 saturated carbocycles. The number of rotatable bonds is 7. The zero-order valence-electron chi connectivity index (χ0n) is 15.0. The SMILES string of the molecule is O=C(CC(SC(=O)c1ccccc1)C(=O)c1cccs1)OC(=O)[C@@H]1CCCN1. The zero-order chi connectivity index (χ0) is 19.9. The summed E-state index contributed by atoms with van der Waals surface area (Å²) in [6.45, 7) is 0.703. The molecular formula is C20H19NO5S2. The minimum Gasteiger partial charge on any atom is -0.392 e. The van der Waals surface area contributed by atoms with Crippen molar-refractivity contribution in [3.63, 3.8) is 0 Å². The molecule has 2 heterocycles. The number of Topliss-reactive ketones (excluding diaryl/α,β-unsaturated/α-hetero) is 1. The number of carbonyl (C=O) groups is 4. The van der Waals surface area contributed by atoms with Crippen LogP contribution in [0, 0.1) is 0 Å². The van der Waals surface area contributed by atoms with Crippen LogP contribution in [0.2, 0.25) is 0 Å². The van der Waals surface area contributed by atoms with Crippen molar-refractivity contribution in [2.45, 2.75) is 30.6 Å². The van der Waals surface area contributed by atoms with Crippen molar-refractivity contribution in [2.75, 3.05) is 6.54 Å². The number of thiophene rings is 1. The third kappa shape index (κ3) is 5.37. The first-order valence-electron chi connectivity index (χ1n) is 8.86. The van der Waals surface area contributed by atoms with Crippen molar-refractivity contribution in [3.8, 4) is 0 Å². The minimum atomic E-state index is -0.955. The van der Waals surface area contributed by atoms with E-state index in [4.69, 9.17) is 4.74 Å². The number of carbonyl (C=O) groups excluding carboxylic acids is 4. The Balaban J connectivity index is 1.68. The predicted molar refractivity (Wildman–Crippen MR) is 108 cm³/mol. The summed E-state index contributed by atoms with van der Waals surface area (Å²) >= 11 is 2.02. The van der Waals surface area contributed by atoms with Gasteiger partial charge in [-0.05, 0) is 30.8 Å². The van der Waals surface area contributed by atoms with E-state index in [0.717, 1.165) is 18.2 Å². The highest BCUT2D eigenvalue weighted by molar-refractivity contribution is 8.15. The van der Waals surface area contributed by atoms with Gasteiger partial charge in [0, 0.05) is 5.56 Å². The highest BCUT2D eigenvalue weighted by Crippen LogP contribution is 2.26. The van der Waals surface area contributed by atoms with Gasteiger partial charge >= 0.3 is 11.9 Å². The monoisotopic (exact) mass is 417 g/mol. The van der Waals surface area contributed by atoms with Crippen LogP contribution in [0.1, 0.15) is 39.3 Å². The Morgan fingerprint density at radius 2 is 1.93 bits per heavy atom. The largest absolute Gasteiger partial charge is 0.392 e. The molecule has 8 heteroatoms. The van der Waals surface area contributed by atoms with Gasteiger partial charge in [0.15, 0.2) is 5.78 Å². The Labute approximate surface area is 170 Å². The van der Waals surface area contributed by atoms with Gasteiger partial charge in [0.05, 0.1) is 16.5 Å². The molecule has 1 saturated heterocycles. The number of ether oxygens (including phenoxy) is 1. The highest BCUT2D eigenvalue weighted by Gasteiger charge is 2.31. The summed E-state index contributed by atoms with van der Waals surface area (Å²) in [5.74, 6) is -1.76. The maximum Gasteiger partial charge on any atom is 0.330 e. The molecule has 0 radical (unpaired) electrons. The molecule has 146 valence electrons. The van der Waals surface area contributed by atoms with E-state index in [1.54, 1.807) is 47.8 Å². The van der Waals surface area contributed by atoms with Crippen LogP contribution < -0.4 is 5.32 Å². The van der Waals surface area contributed by atoms with E-state index in [0.29, 0.717) is 23.4 Å². The summed E-state index contributed by atoms with van der Waals surface area (Å²) in [6, 6.07) is 11.4. The number of esters is 2. The van der Waals surface area contributed by atoms with Crippen LogP contribution in [0.3, 0.4) is 0 Å². The lowest BCUT2D eigenvalue weighted by molar-refractivity contribution is -0.160. The summed E-state index contributed by atoms with van der Waals surface area (Å²) in [5.41, 5.74) is 0.441. The summed E-state index contributed by atoms with van der Waals surface area (Å²) in [4.78, 5) is 50.0. The van der Waals surface area contributed by atoms with Gasteiger partial charge < -0.3 is 10.1 Å². The molecule has 0 spiro atoms. The molecule has 6 nitrogen and oxygen atoms in total. The van der Waals surface area contributed by atoms with E-state index >= 15 is 0 Å². The van der Waals surface area contributed by atoms with Gasteiger partial charge in [-0.15, -0.1) is 11.3 Å². The Morgan fingerprint density at radius 3 is 2.57 bits per heavy atom. The Kier molecular flexibility index (Phi) is 7.13. The fourth-order valence-corrected chi connectivity index (χ4v) is 4.58. The van der Waals surface area contributed by atoms with Crippen molar-refractivity contribution in [1.82, 2.24) is 5.32 Å². The third-order valence-electron chi connectivity index (χ3n) is 4.23. The minimum absolute atomic E-state index is 0.313. The van der Waals surface area contributed by atoms with Gasteiger partial charge in [0.2, 0.25) is 5.12 Å². The molecule has 1 aliphatic heterocycles. The van der Waals surface area contributed by atoms with Crippen molar-refractivity contribution in [2.24, 2.45) is 0 Å². The second kappa shape index (κ2) is 9.77. The number of hydrogen-bond acceptors (Lipinski definition) is 8. The average molecular weight is 418 g/mol. The van der Waals surface area contributed by atoms with Gasteiger partial charge in [-0.25, -0.2) is 4.79 Å². The maximum absolute atomic E-state index is 12.8.